The van der Waals surface area contributed by atoms with Gasteiger partial charge in [0.1, 0.15) is 5.69 Å². The summed E-state index contributed by atoms with van der Waals surface area (Å²) in [5.74, 6) is -1.18. The van der Waals surface area contributed by atoms with E-state index in [2.05, 4.69) is 5.32 Å². The second kappa shape index (κ2) is 7.96. The van der Waals surface area contributed by atoms with Crippen LogP contribution in [0.4, 0.5) is 5.69 Å². The van der Waals surface area contributed by atoms with E-state index in [4.69, 9.17) is 4.74 Å². The normalized spacial score (nSPS) is 11.7. The zero-order valence-electron chi connectivity index (χ0n) is 15.9. The third-order valence-corrected chi connectivity index (χ3v) is 4.46. The molecule has 1 atom stereocenters. The number of para-hydroxylation sites is 1. The Morgan fingerprint density at radius 1 is 1.00 bits per heavy atom. The smallest absolute Gasteiger partial charge is 0.338 e. The Kier molecular flexibility index (Phi) is 5.44. The summed E-state index contributed by atoms with van der Waals surface area (Å²) in [6.07, 6.45) is -1.06. The maximum Gasteiger partial charge on any atom is 0.338 e. The molecule has 0 bridgehead atoms. The molecule has 0 saturated heterocycles. The minimum absolute atomic E-state index is 0.152. The monoisotopic (exact) mass is 379 g/mol. The van der Waals surface area contributed by atoms with Gasteiger partial charge in [0, 0.05) is 7.05 Å². The number of amides is 1. The third kappa shape index (κ3) is 3.73. The first-order valence-electron chi connectivity index (χ1n) is 8.81. The number of esters is 1. The van der Waals surface area contributed by atoms with E-state index in [1.165, 1.54) is 11.6 Å². The Hall–Kier alpha value is -3.61. The summed E-state index contributed by atoms with van der Waals surface area (Å²) in [7, 11) is 1.73. The predicted octanol–water partition coefficient (Wildman–Crippen LogP) is 2.67. The van der Waals surface area contributed by atoms with Crippen molar-refractivity contribution in [1.29, 1.82) is 0 Å². The largest absolute Gasteiger partial charge is 0.449 e. The first-order chi connectivity index (χ1) is 13.4. The Labute approximate surface area is 162 Å². The van der Waals surface area contributed by atoms with Crippen molar-refractivity contribution >= 4 is 17.6 Å². The van der Waals surface area contributed by atoms with Crippen LogP contribution in [0, 0.1) is 6.92 Å². The van der Waals surface area contributed by atoms with E-state index in [-0.39, 0.29) is 11.2 Å². The molecule has 1 amide bonds. The molecule has 1 N–H and O–H groups in total. The van der Waals surface area contributed by atoms with Crippen LogP contribution in [0.2, 0.25) is 0 Å². The standard InChI is InChI=1S/C21H21N3O4/c1-14-18(20(26)24(23(14)3)17-12-8-5-9-13-17)22-19(25)15(2)28-21(27)16-10-6-4-7-11-16/h4-13,15H,1-3H3,(H,22,25)/t15-/m0/s1. The van der Waals surface area contributed by atoms with Gasteiger partial charge in [-0.25, -0.2) is 9.48 Å². The van der Waals surface area contributed by atoms with Gasteiger partial charge in [-0.2, -0.15) is 0 Å². The van der Waals surface area contributed by atoms with Gasteiger partial charge in [0.15, 0.2) is 6.10 Å². The molecule has 1 aromatic heterocycles. The molecule has 0 saturated carbocycles. The van der Waals surface area contributed by atoms with Gasteiger partial charge in [0.2, 0.25) is 0 Å². The highest BCUT2D eigenvalue weighted by Crippen LogP contribution is 2.15. The van der Waals surface area contributed by atoms with E-state index in [0.29, 0.717) is 16.9 Å². The maximum atomic E-state index is 12.8. The lowest BCUT2D eigenvalue weighted by Gasteiger charge is -2.13. The molecule has 144 valence electrons. The molecular weight excluding hydrogens is 358 g/mol. The van der Waals surface area contributed by atoms with Gasteiger partial charge in [-0.05, 0) is 38.1 Å². The maximum absolute atomic E-state index is 12.8. The van der Waals surface area contributed by atoms with Crippen molar-refractivity contribution in [3.8, 4) is 5.69 Å². The summed E-state index contributed by atoms with van der Waals surface area (Å²) in [4.78, 5) is 37.4. The van der Waals surface area contributed by atoms with Crippen LogP contribution in [0.25, 0.3) is 5.69 Å². The van der Waals surface area contributed by atoms with Crippen molar-refractivity contribution in [2.24, 2.45) is 7.05 Å². The number of anilines is 1. The number of aromatic nitrogens is 2. The topological polar surface area (TPSA) is 82.3 Å². The lowest BCUT2D eigenvalue weighted by molar-refractivity contribution is -0.123. The van der Waals surface area contributed by atoms with Crippen molar-refractivity contribution in [3.63, 3.8) is 0 Å². The first-order valence-corrected chi connectivity index (χ1v) is 8.81. The summed E-state index contributed by atoms with van der Waals surface area (Å²) in [5.41, 5.74) is 1.41. The van der Waals surface area contributed by atoms with Crippen molar-refractivity contribution < 1.29 is 14.3 Å². The molecule has 28 heavy (non-hydrogen) atoms. The van der Waals surface area contributed by atoms with E-state index in [9.17, 15) is 14.4 Å². The van der Waals surface area contributed by atoms with Gasteiger partial charge < -0.3 is 10.1 Å². The second-order valence-electron chi connectivity index (χ2n) is 6.34. The number of rotatable bonds is 5. The number of hydrogen-bond donors (Lipinski definition) is 1. The Morgan fingerprint density at radius 2 is 1.57 bits per heavy atom. The van der Waals surface area contributed by atoms with Crippen LogP contribution in [0.3, 0.4) is 0 Å². The van der Waals surface area contributed by atoms with Gasteiger partial charge in [-0.3, -0.25) is 14.3 Å². The molecule has 0 aliphatic rings. The number of hydrogen-bond acceptors (Lipinski definition) is 4. The molecule has 0 aliphatic carbocycles. The van der Waals surface area contributed by atoms with Crippen LogP contribution in [0.5, 0.6) is 0 Å². The molecule has 0 radical (unpaired) electrons. The summed E-state index contributed by atoms with van der Waals surface area (Å²) in [6, 6.07) is 17.5. The van der Waals surface area contributed by atoms with Crippen molar-refractivity contribution in [2.75, 3.05) is 5.32 Å². The second-order valence-corrected chi connectivity index (χ2v) is 6.34. The fourth-order valence-corrected chi connectivity index (χ4v) is 2.79. The molecule has 2 aromatic carbocycles. The van der Waals surface area contributed by atoms with Gasteiger partial charge in [0.25, 0.3) is 11.5 Å². The van der Waals surface area contributed by atoms with Crippen molar-refractivity contribution in [2.45, 2.75) is 20.0 Å². The lowest BCUT2D eigenvalue weighted by atomic mass is 10.2. The summed E-state index contributed by atoms with van der Waals surface area (Å²) in [6.45, 7) is 3.20. The number of nitrogens with zero attached hydrogens (tertiary/aromatic N) is 2. The quantitative estimate of drug-likeness (QED) is 0.691. The van der Waals surface area contributed by atoms with Crippen LogP contribution in [0.1, 0.15) is 23.0 Å². The van der Waals surface area contributed by atoms with Crippen LogP contribution in [-0.2, 0) is 16.6 Å². The molecule has 0 aliphatic heterocycles. The lowest BCUT2D eigenvalue weighted by Crippen LogP contribution is -2.32. The van der Waals surface area contributed by atoms with E-state index < -0.39 is 18.0 Å². The zero-order chi connectivity index (χ0) is 20.3. The summed E-state index contributed by atoms with van der Waals surface area (Å²) < 4.78 is 8.33. The Balaban J connectivity index is 1.79. The third-order valence-electron chi connectivity index (χ3n) is 4.46. The SMILES string of the molecule is Cc1c(NC(=O)[C@H](C)OC(=O)c2ccccc2)c(=O)n(-c2ccccc2)n1C. The zero-order valence-corrected chi connectivity index (χ0v) is 15.9. The first kappa shape index (κ1) is 19.2. The number of ether oxygens (including phenoxy) is 1. The molecule has 7 nitrogen and oxygen atoms in total. The van der Waals surface area contributed by atoms with E-state index in [0.717, 1.165) is 0 Å². The number of benzene rings is 2. The molecule has 1 heterocycles. The minimum Gasteiger partial charge on any atom is -0.449 e. The van der Waals surface area contributed by atoms with Crippen LogP contribution >= 0.6 is 0 Å². The van der Waals surface area contributed by atoms with Crippen molar-refractivity contribution in [1.82, 2.24) is 9.36 Å². The Morgan fingerprint density at radius 3 is 2.18 bits per heavy atom. The van der Waals surface area contributed by atoms with Crippen LogP contribution in [0.15, 0.2) is 65.5 Å². The fraction of sp³-hybridized carbons (Fsp3) is 0.190. The van der Waals surface area contributed by atoms with Crippen LogP contribution < -0.4 is 10.9 Å². The average Bonchev–Trinajstić information content (AvgIpc) is 2.92. The number of nitrogens with one attached hydrogen (secondary N) is 1. The van der Waals surface area contributed by atoms with Gasteiger partial charge in [0.05, 0.1) is 16.9 Å². The average molecular weight is 379 g/mol. The highest BCUT2D eigenvalue weighted by molar-refractivity contribution is 5.97. The number of carbonyl (C=O) groups excluding carboxylic acids is 2. The molecule has 0 fully saturated rings. The van der Waals surface area contributed by atoms with Gasteiger partial charge >= 0.3 is 5.97 Å². The molecular formula is C21H21N3O4. The van der Waals surface area contributed by atoms with Crippen molar-refractivity contribution in [3.05, 3.63) is 82.3 Å². The Bertz CT molecular complexity index is 1050. The summed E-state index contributed by atoms with van der Waals surface area (Å²) in [5, 5.41) is 2.60. The fourth-order valence-electron chi connectivity index (χ4n) is 2.79. The molecule has 3 aromatic rings. The number of carbonyl (C=O) groups is 2. The van der Waals surface area contributed by atoms with Gasteiger partial charge in [-0.15, -0.1) is 0 Å². The van der Waals surface area contributed by atoms with E-state index in [1.54, 1.807) is 61.1 Å². The van der Waals surface area contributed by atoms with Gasteiger partial charge in [-0.1, -0.05) is 36.4 Å². The molecule has 3 rings (SSSR count). The molecule has 0 unspecified atom stereocenters. The van der Waals surface area contributed by atoms with E-state index in [1.807, 2.05) is 18.2 Å². The highest BCUT2D eigenvalue weighted by atomic mass is 16.5. The predicted molar refractivity (Wildman–Crippen MR) is 106 cm³/mol. The minimum atomic E-state index is -1.06. The highest BCUT2D eigenvalue weighted by Gasteiger charge is 2.23. The summed E-state index contributed by atoms with van der Waals surface area (Å²) >= 11 is 0. The van der Waals surface area contributed by atoms with Crippen LogP contribution in [-0.4, -0.2) is 27.3 Å². The molecule has 7 heteroatoms. The van der Waals surface area contributed by atoms with E-state index >= 15 is 0 Å². The molecule has 0 spiro atoms.